The molecule has 0 fully saturated rings. The molecule has 0 saturated heterocycles. The summed E-state index contributed by atoms with van der Waals surface area (Å²) in [6, 6.07) is 4.82. The Labute approximate surface area is 423 Å². The highest BCUT2D eigenvalue weighted by atomic mass is 16.2. The van der Waals surface area contributed by atoms with E-state index >= 15 is 0 Å². The molecule has 390 valence electrons. The maximum absolute atomic E-state index is 13.4. The molecule has 0 bridgehead atoms. The molecule has 0 radical (unpaired) electrons. The van der Waals surface area contributed by atoms with Crippen molar-refractivity contribution in [3.8, 4) is 34.2 Å². The monoisotopic (exact) mass is 994 g/mol. The van der Waals surface area contributed by atoms with E-state index in [1.165, 1.54) is 0 Å². The normalized spacial score (nSPS) is 12.4. The van der Waals surface area contributed by atoms with Crippen molar-refractivity contribution in [2.24, 2.45) is 32.5 Å². The smallest absolute Gasteiger partial charge is 0.234 e. The van der Waals surface area contributed by atoms with Gasteiger partial charge in [-0.2, -0.15) is 44.9 Å². The highest BCUT2D eigenvalue weighted by Crippen LogP contribution is 2.33. The van der Waals surface area contributed by atoms with E-state index in [0.29, 0.717) is 0 Å². The van der Waals surface area contributed by atoms with Crippen LogP contribution in [0.3, 0.4) is 0 Å². The van der Waals surface area contributed by atoms with Crippen LogP contribution in [0.15, 0.2) is 18.2 Å². The molecule has 21 heteroatoms. The van der Waals surface area contributed by atoms with Crippen LogP contribution >= 0.6 is 0 Å². The van der Waals surface area contributed by atoms with E-state index < -0.39 is 32.5 Å². The van der Waals surface area contributed by atoms with Crippen LogP contribution in [0, 0.1) is 32.5 Å². The maximum atomic E-state index is 13.4. The summed E-state index contributed by atoms with van der Waals surface area (Å²) in [5.41, 5.74) is -1.67. The van der Waals surface area contributed by atoms with Gasteiger partial charge in [0.1, 0.15) is 0 Å². The molecule has 4 rings (SSSR count). The number of benzene rings is 1. The number of nitrogens with zero attached hydrogens (tertiary/aromatic N) is 9. The number of rotatable bonds is 15. The summed E-state index contributed by atoms with van der Waals surface area (Å²) in [5, 5.41) is 16.5. The van der Waals surface area contributed by atoms with Gasteiger partial charge in [-0.1, -0.05) is 125 Å². The fourth-order valence-corrected chi connectivity index (χ4v) is 6.77. The third kappa shape index (κ3) is 21.2. The topological polar surface area (TPSA) is 291 Å². The molecule has 72 heavy (non-hydrogen) atoms. The van der Waals surface area contributed by atoms with E-state index in [4.69, 9.17) is 0 Å². The first-order valence-corrected chi connectivity index (χ1v) is 24.0. The summed E-state index contributed by atoms with van der Waals surface area (Å²) in [5.74, 6) is -3.40. The summed E-state index contributed by atoms with van der Waals surface area (Å²) in [4.78, 5) is 121. The number of hydrogen-bond donors (Lipinski definition) is 6. The van der Waals surface area contributed by atoms with Crippen LogP contribution in [0.25, 0.3) is 34.2 Å². The minimum atomic E-state index is -0.395. The minimum Gasteiger partial charge on any atom is -0.294 e. The Bertz CT molecular complexity index is 2230. The van der Waals surface area contributed by atoms with Crippen LogP contribution in [0.1, 0.15) is 163 Å². The number of carbonyl (C=O) groups is 6. The number of carbonyl (C=O) groups excluding carboxylic acids is 6. The van der Waals surface area contributed by atoms with Gasteiger partial charge >= 0.3 is 0 Å². The molecule has 1 aromatic carbocycles. The number of hydrogen-bond acceptors (Lipinski definition) is 15. The van der Waals surface area contributed by atoms with E-state index in [2.05, 4.69) is 76.8 Å². The molecule has 0 aliphatic carbocycles. The van der Waals surface area contributed by atoms with Gasteiger partial charge in [-0.3, -0.25) is 60.7 Å². The molecule has 0 aliphatic rings. The third-order valence-electron chi connectivity index (χ3n) is 9.27. The summed E-state index contributed by atoms with van der Waals surface area (Å²) in [6.07, 6.45) is 0.694. The third-order valence-corrected chi connectivity index (χ3v) is 9.27. The first-order valence-electron chi connectivity index (χ1n) is 24.0. The number of nitrogens with one attached hydrogen (secondary N) is 6. The van der Waals surface area contributed by atoms with E-state index in [9.17, 15) is 28.8 Å². The molecule has 0 saturated carbocycles. The number of anilines is 6. The predicted octanol–water partition coefficient (Wildman–Crippen LogP) is 9.49. The fourth-order valence-electron chi connectivity index (χ4n) is 6.77. The van der Waals surface area contributed by atoms with E-state index in [1.54, 1.807) is 18.2 Å². The van der Waals surface area contributed by atoms with Crippen molar-refractivity contribution >= 4 is 71.1 Å². The molecule has 3 heterocycles. The Hall–Kier alpha value is -6.93. The zero-order valence-corrected chi connectivity index (χ0v) is 45.4. The van der Waals surface area contributed by atoms with Crippen LogP contribution in [0.4, 0.5) is 35.7 Å². The summed E-state index contributed by atoms with van der Waals surface area (Å²) < 4.78 is 0. The first-order chi connectivity index (χ1) is 32.7. The van der Waals surface area contributed by atoms with E-state index in [0.717, 1.165) is 0 Å². The van der Waals surface area contributed by atoms with Crippen LogP contribution in [-0.4, -0.2) is 80.3 Å². The van der Waals surface area contributed by atoms with Crippen molar-refractivity contribution in [2.45, 2.75) is 163 Å². The van der Waals surface area contributed by atoms with Gasteiger partial charge in [0.05, 0.1) is 0 Å². The van der Waals surface area contributed by atoms with Crippen molar-refractivity contribution < 1.29 is 28.8 Å². The zero-order chi connectivity index (χ0) is 54.4. The molecule has 0 unspecified atom stereocenters. The summed E-state index contributed by atoms with van der Waals surface area (Å²) in [7, 11) is 0. The standard InChI is InChI=1S/C51H75N15O6/c1-46(2,3)22-31(67)52-40-58-37(59-41(64-40)53-32(68)23-47(4,5)6)28-19-29(38-60-42(54-33(69)24-48(7,8)9)65-43(61-38)55-34(70)25-49(10,11)12)21-30(20-28)39-62-44(56-35(71)26-50(13,14)15)66-45(63-39)57-36(72)27-51(16,17)18/h19-21H,22-27H2,1-18H3,(H2,52,53,58,59,64,67,68)(H2,54,55,60,61,65,69,70)(H2,56,57,62,63,66,71,72). The summed E-state index contributed by atoms with van der Waals surface area (Å²) >= 11 is 0. The Balaban J connectivity index is 2.10. The fraction of sp³-hybridized carbons (Fsp3) is 0.588. The van der Waals surface area contributed by atoms with Crippen molar-refractivity contribution in [3.63, 3.8) is 0 Å². The van der Waals surface area contributed by atoms with Gasteiger partial charge in [0, 0.05) is 55.2 Å². The SMILES string of the molecule is CC(C)(C)CC(=O)Nc1nc(NC(=O)CC(C)(C)C)nc(-c2cc(-c3nc(NC(=O)CC(C)(C)C)nc(NC(=O)CC(C)(C)C)n3)cc(-c3nc(NC(=O)CC(C)(C)C)nc(NC(=O)CC(C)(C)C)n3)c2)n1. The lowest BCUT2D eigenvalue weighted by atomic mass is 9.92. The molecule has 21 nitrogen and oxygen atoms in total. The molecular formula is C51H75N15O6. The second-order valence-corrected chi connectivity index (χ2v) is 25.4. The van der Waals surface area contributed by atoms with Gasteiger partial charge < -0.3 is 0 Å². The predicted molar refractivity (Wildman–Crippen MR) is 279 cm³/mol. The van der Waals surface area contributed by atoms with Crippen molar-refractivity contribution in [3.05, 3.63) is 18.2 Å². The van der Waals surface area contributed by atoms with Crippen LogP contribution in [-0.2, 0) is 28.8 Å². The van der Waals surface area contributed by atoms with Crippen LogP contribution in [0.5, 0.6) is 0 Å². The second kappa shape index (κ2) is 22.2. The lowest BCUT2D eigenvalue weighted by molar-refractivity contribution is -0.118. The highest BCUT2D eigenvalue weighted by Gasteiger charge is 2.26. The first kappa shape index (κ1) is 57.6. The minimum absolute atomic E-state index is 0.0388. The Morgan fingerprint density at radius 2 is 0.417 bits per heavy atom. The maximum Gasteiger partial charge on any atom is 0.234 e. The molecule has 6 N–H and O–H groups in total. The lowest BCUT2D eigenvalue weighted by Gasteiger charge is -2.19. The molecule has 6 amide bonds. The van der Waals surface area contributed by atoms with Crippen molar-refractivity contribution in [1.29, 1.82) is 0 Å². The van der Waals surface area contributed by atoms with Crippen LogP contribution < -0.4 is 31.9 Å². The van der Waals surface area contributed by atoms with E-state index in [1.807, 2.05) is 125 Å². The van der Waals surface area contributed by atoms with Gasteiger partial charge in [0.25, 0.3) is 0 Å². The van der Waals surface area contributed by atoms with Gasteiger partial charge in [-0.15, -0.1) is 0 Å². The molecule has 0 aliphatic heterocycles. The molecular weight excluding hydrogens is 919 g/mol. The van der Waals surface area contributed by atoms with Gasteiger partial charge in [-0.25, -0.2) is 0 Å². The lowest BCUT2D eigenvalue weighted by Crippen LogP contribution is -2.23. The van der Waals surface area contributed by atoms with Gasteiger partial charge in [-0.05, 0) is 50.7 Å². The largest absolute Gasteiger partial charge is 0.294 e. The summed E-state index contributed by atoms with van der Waals surface area (Å²) in [6.45, 7) is 34.3. The van der Waals surface area contributed by atoms with Gasteiger partial charge in [0.15, 0.2) is 17.5 Å². The van der Waals surface area contributed by atoms with Crippen molar-refractivity contribution in [1.82, 2.24) is 44.9 Å². The average Bonchev–Trinajstić information content (AvgIpc) is 3.12. The quantitative estimate of drug-likeness (QED) is 0.0646. The average molecular weight is 994 g/mol. The highest BCUT2D eigenvalue weighted by molar-refractivity contribution is 5.94. The van der Waals surface area contributed by atoms with Gasteiger partial charge in [0.2, 0.25) is 71.1 Å². The number of amides is 6. The molecule has 3 aromatic heterocycles. The molecule has 4 aromatic rings. The Morgan fingerprint density at radius 1 is 0.278 bits per heavy atom. The zero-order valence-electron chi connectivity index (χ0n) is 45.4. The van der Waals surface area contributed by atoms with Crippen LogP contribution in [0.2, 0.25) is 0 Å². The number of aromatic nitrogens is 9. The van der Waals surface area contributed by atoms with Crippen molar-refractivity contribution in [2.75, 3.05) is 31.9 Å². The second-order valence-electron chi connectivity index (χ2n) is 25.4. The Kier molecular flexibility index (Phi) is 17.8. The molecule has 0 spiro atoms. The Morgan fingerprint density at radius 3 is 0.542 bits per heavy atom. The van der Waals surface area contributed by atoms with E-state index in [-0.39, 0.29) is 144 Å². The molecule has 0 atom stereocenters.